The van der Waals surface area contributed by atoms with Crippen LogP contribution in [0.4, 0.5) is 5.69 Å². The summed E-state index contributed by atoms with van der Waals surface area (Å²) in [5, 5.41) is 0. The number of nitrogens with one attached hydrogen (secondary N) is 3. The van der Waals surface area contributed by atoms with Crippen LogP contribution < -0.4 is 10.9 Å². The predicted octanol–water partition coefficient (Wildman–Crippen LogP) is 5.56. The molecule has 7 nitrogen and oxygen atoms in total. The van der Waals surface area contributed by atoms with Crippen molar-refractivity contribution in [2.45, 2.75) is 53.6 Å². The van der Waals surface area contributed by atoms with Crippen LogP contribution in [0, 0.1) is 11.8 Å². The molecule has 0 radical (unpaired) electrons. The number of imidazole rings is 1. The third-order valence-corrected chi connectivity index (χ3v) is 6.09. The molecular formula is C30H44N6O. The number of rotatable bonds is 16. The Bertz CT molecular complexity index is 1010. The Kier molecular flexibility index (Phi) is 11.7. The Morgan fingerprint density at radius 2 is 1.51 bits per heavy atom. The van der Waals surface area contributed by atoms with Crippen LogP contribution in [0.15, 0.2) is 67.0 Å². The van der Waals surface area contributed by atoms with Crippen molar-refractivity contribution in [1.82, 2.24) is 25.2 Å². The topological polar surface area (TPSA) is 76.3 Å². The number of aromatic nitrogens is 2. The molecule has 0 saturated heterocycles. The number of hydrogen-bond donors (Lipinski definition) is 3. The van der Waals surface area contributed by atoms with E-state index in [1.165, 1.54) is 12.0 Å². The fraction of sp³-hybridized carbons (Fsp3) is 0.467. The number of para-hydroxylation sites is 1. The van der Waals surface area contributed by atoms with Crippen LogP contribution in [-0.4, -0.2) is 51.9 Å². The third kappa shape index (κ3) is 10.8. The van der Waals surface area contributed by atoms with Gasteiger partial charge in [-0.3, -0.25) is 20.5 Å². The number of hydrogen-bond acceptors (Lipinski definition) is 5. The Labute approximate surface area is 222 Å². The first-order chi connectivity index (χ1) is 17.9. The van der Waals surface area contributed by atoms with Gasteiger partial charge in [0.25, 0.3) is 5.91 Å². The second kappa shape index (κ2) is 15.2. The number of aromatic amines is 1. The summed E-state index contributed by atoms with van der Waals surface area (Å²) < 4.78 is 0. The molecule has 1 aromatic heterocycles. The monoisotopic (exact) mass is 504 g/mol. The van der Waals surface area contributed by atoms with E-state index >= 15 is 0 Å². The normalized spacial score (nSPS) is 11.6. The maximum atomic E-state index is 12.5. The molecule has 37 heavy (non-hydrogen) atoms. The van der Waals surface area contributed by atoms with E-state index < -0.39 is 0 Å². The molecule has 3 N–H and O–H groups in total. The fourth-order valence-electron chi connectivity index (χ4n) is 4.51. The summed E-state index contributed by atoms with van der Waals surface area (Å²) in [4.78, 5) is 25.2. The number of amides is 1. The summed E-state index contributed by atoms with van der Waals surface area (Å²) in [5.74, 6) is 2.20. The first-order valence-electron chi connectivity index (χ1n) is 13.5. The number of hydrazine groups is 1. The highest BCUT2D eigenvalue weighted by Crippen LogP contribution is 2.13. The lowest BCUT2D eigenvalue weighted by Crippen LogP contribution is -2.33. The van der Waals surface area contributed by atoms with Crippen molar-refractivity contribution < 1.29 is 4.79 Å². The highest BCUT2D eigenvalue weighted by Gasteiger charge is 2.12. The van der Waals surface area contributed by atoms with Crippen LogP contribution in [0.3, 0.4) is 0 Å². The van der Waals surface area contributed by atoms with Crippen LogP contribution in [0.25, 0.3) is 0 Å². The quantitative estimate of drug-likeness (QED) is 0.176. The van der Waals surface area contributed by atoms with Crippen molar-refractivity contribution in [1.29, 1.82) is 0 Å². The lowest BCUT2D eigenvalue weighted by molar-refractivity contribution is 0.0962. The van der Waals surface area contributed by atoms with Gasteiger partial charge in [-0.25, -0.2) is 4.98 Å². The van der Waals surface area contributed by atoms with Crippen molar-refractivity contribution in [2.75, 3.05) is 31.6 Å². The molecule has 7 heteroatoms. The van der Waals surface area contributed by atoms with Crippen molar-refractivity contribution >= 4 is 11.6 Å². The van der Waals surface area contributed by atoms with Crippen molar-refractivity contribution in [3.05, 3.63) is 83.9 Å². The Balaban J connectivity index is 1.52. The number of benzene rings is 2. The summed E-state index contributed by atoms with van der Waals surface area (Å²) in [5.41, 5.74) is 8.36. The number of carbonyl (C=O) groups is 1. The zero-order valence-corrected chi connectivity index (χ0v) is 22.9. The van der Waals surface area contributed by atoms with Crippen molar-refractivity contribution in [2.24, 2.45) is 11.8 Å². The second-order valence-corrected chi connectivity index (χ2v) is 10.6. The van der Waals surface area contributed by atoms with Crippen LogP contribution >= 0.6 is 0 Å². The molecule has 0 aliphatic carbocycles. The van der Waals surface area contributed by atoms with E-state index in [2.05, 4.69) is 58.3 Å². The molecule has 1 amide bonds. The number of H-pyrrole nitrogens is 1. The van der Waals surface area contributed by atoms with E-state index in [-0.39, 0.29) is 5.91 Å². The van der Waals surface area contributed by atoms with Gasteiger partial charge in [-0.2, -0.15) is 0 Å². The largest absolute Gasteiger partial charge is 0.348 e. The van der Waals surface area contributed by atoms with E-state index in [0.717, 1.165) is 57.2 Å². The lowest BCUT2D eigenvalue weighted by atomic mass is 10.1. The van der Waals surface area contributed by atoms with Gasteiger partial charge in [-0.15, -0.1) is 0 Å². The first-order valence-corrected chi connectivity index (χ1v) is 13.5. The number of nitrogens with zero attached hydrogens (tertiary/aromatic N) is 3. The van der Waals surface area contributed by atoms with Crippen LogP contribution in [-0.2, 0) is 13.1 Å². The fourth-order valence-corrected chi connectivity index (χ4v) is 4.51. The minimum atomic E-state index is -0.157. The molecule has 3 aromatic rings. The molecule has 0 bridgehead atoms. The number of unbranched alkanes of at least 4 members (excludes halogenated alkanes) is 1. The molecule has 0 unspecified atom stereocenters. The average molecular weight is 505 g/mol. The molecule has 0 saturated carbocycles. The van der Waals surface area contributed by atoms with E-state index in [9.17, 15) is 4.79 Å². The molecule has 2 aromatic carbocycles. The average Bonchev–Trinajstić information content (AvgIpc) is 3.38. The molecular weight excluding hydrogens is 460 g/mol. The van der Waals surface area contributed by atoms with Gasteiger partial charge in [-0.05, 0) is 67.6 Å². The zero-order chi connectivity index (χ0) is 26.5. The maximum absolute atomic E-state index is 12.5. The number of carbonyl (C=O) groups excluding carboxylic acids is 1. The van der Waals surface area contributed by atoms with Crippen LogP contribution in [0.1, 0.15) is 62.3 Å². The molecule has 200 valence electrons. The minimum absolute atomic E-state index is 0.157. The summed E-state index contributed by atoms with van der Waals surface area (Å²) >= 11 is 0. The van der Waals surface area contributed by atoms with Gasteiger partial charge in [0, 0.05) is 37.6 Å². The maximum Gasteiger partial charge on any atom is 0.269 e. The highest BCUT2D eigenvalue weighted by molar-refractivity contribution is 5.94. The van der Waals surface area contributed by atoms with Gasteiger partial charge in [0.15, 0.2) is 0 Å². The van der Waals surface area contributed by atoms with E-state index in [1.807, 2.05) is 60.8 Å². The van der Waals surface area contributed by atoms with E-state index in [4.69, 9.17) is 0 Å². The van der Waals surface area contributed by atoms with Crippen LogP contribution in [0.2, 0.25) is 0 Å². The van der Waals surface area contributed by atoms with Crippen molar-refractivity contribution in [3.8, 4) is 0 Å². The smallest absolute Gasteiger partial charge is 0.269 e. The molecule has 0 fully saturated rings. The minimum Gasteiger partial charge on any atom is -0.348 e. The first kappa shape index (κ1) is 28.4. The van der Waals surface area contributed by atoms with Gasteiger partial charge < -0.3 is 9.88 Å². The lowest BCUT2D eigenvalue weighted by Gasteiger charge is -2.27. The molecule has 1 heterocycles. The van der Waals surface area contributed by atoms with Gasteiger partial charge in [0.2, 0.25) is 0 Å². The second-order valence-electron chi connectivity index (χ2n) is 10.6. The van der Waals surface area contributed by atoms with Gasteiger partial charge in [0.05, 0.1) is 12.2 Å². The molecule has 0 atom stereocenters. The molecule has 0 aliphatic rings. The summed E-state index contributed by atoms with van der Waals surface area (Å²) in [7, 11) is 0. The SMILES string of the molecule is CC(C)CN(CCCCN(Cc1ccc(C(=O)NNc2ccccc2)cc1)Cc1ncc[nH]1)CC(C)C. The molecule has 0 spiro atoms. The Morgan fingerprint density at radius 1 is 0.865 bits per heavy atom. The highest BCUT2D eigenvalue weighted by atomic mass is 16.2. The van der Waals surface area contributed by atoms with Crippen molar-refractivity contribution in [3.63, 3.8) is 0 Å². The standard InChI is InChI=1S/C30H44N6O/c1-24(2)20-35(21-25(3)4)18-8-9-19-36(23-29-31-16-17-32-29)22-26-12-14-27(15-13-26)30(37)34-33-28-10-6-5-7-11-28/h5-7,10-17,24-25,33H,8-9,18-23H2,1-4H3,(H,31,32)(H,34,37). The van der Waals surface area contributed by atoms with Gasteiger partial charge >= 0.3 is 0 Å². The van der Waals surface area contributed by atoms with Gasteiger partial charge in [-0.1, -0.05) is 58.0 Å². The Hall–Kier alpha value is -3.16. The molecule has 3 rings (SSSR count). The number of anilines is 1. The van der Waals surface area contributed by atoms with Crippen LogP contribution in [0.5, 0.6) is 0 Å². The third-order valence-electron chi connectivity index (χ3n) is 6.09. The van der Waals surface area contributed by atoms with Gasteiger partial charge in [0.1, 0.15) is 5.82 Å². The predicted molar refractivity (Wildman–Crippen MR) is 152 cm³/mol. The summed E-state index contributed by atoms with van der Waals surface area (Å²) in [6, 6.07) is 17.5. The molecule has 0 aliphatic heterocycles. The summed E-state index contributed by atoms with van der Waals surface area (Å²) in [6.07, 6.45) is 6.00. The Morgan fingerprint density at radius 3 is 2.11 bits per heavy atom. The summed E-state index contributed by atoms with van der Waals surface area (Å²) in [6.45, 7) is 15.3. The zero-order valence-electron chi connectivity index (χ0n) is 22.9. The van der Waals surface area contributed by atoms with E-state index in [1.54, 1.807) is 6.20 Å². The van der Waals surface area contributed by atoms with E-state index in [0.29, 0.717) is 17.4 Å².